The zero-order valence-corrected chi connectivity index (χ0v) is 10.0. The second kappa shape index (κ2) is 5.42. The molecule has 1 heterocycles. The van der Waals surface area contributed by atoms with Crippen LogP contribution in [0.2, 0.25) is 5.02 Å². The first-order chi connectivity index (χ1) is 8.59. The van der Waals surface area contributed by atoms with Crippen LogP contribution in [0, 0.1) is 11.6 Å². The van der Waals surface area contributed by atoms with Gasteiger partial charge < -0.3 is 5.11 Å². The molecule has 18 heavy (non-hydrogen) atoms. The van der Waals surface area contributed by atoms with Crippen molar-refractivity contribution in [1.82, 2.24) is 4.98 Å². The van der Waals surface area contributed by atoms with E-state index in [0.717, 1.165) is 6.07 Å². The Labute approximate surface area is 108 Å². The predicted molar refractivity (Wildman–Crippen MR) is 64.3 cm³/mol. The first-order valence-electron chi connectivity index (χ1n) is 5.30. The van der Waals surface area contributed by atoms with Crippen molar-refractivity contribution >= 4 is 11.6 Å². The van der Waals surface area contributed by atoms with Crippen LogP contribution < -0.4 is 0 Å². The van der Waals surface area contributed by atoms with Crippen molar-refractivity contribution < 1.29 is 13.9 Å². The molecule has 1 aromatic heterocycles. The van der Waals surface area contributed by atoms with Crippen molar-refractivity contribution in [3.05, 3.63) is 64.4 Å². The van der Waals surface area contributed by atoms with E-state index in [-0.39, 0.29) is 17.0 Å². The van der Waals surface area contributed by atoms with Crippen LogP contribution in [0.4, 0.5) is 8.78 Å². The minimum absolute atomic E-state index is 0.00490. The molecule has 0 spiro atoms. The monoisotopic (exact) mass is 269 g/mol. The van der Waals surface area contributed by atoms with Crippen LogP contribution in [0.5, 0.6) is 0 Å². The highest BCUT2D eigenvalue weighted by Gasteiger charge is 2.20. The SMILES string of the molecule is OC(Cc1cccnc1)c1c(Cl)ccc(F)c1F. The second-order valence-electron chi connectivity index (χ2n) is 3.84. The molecule has 0 aliphatic rings. The van der Waals surface area contributed by atoms with Crippen LogP contribution in [0.15, 0.2) is 36.7 Å². The summed E-state index contributed by atoms with van der Waals surface area (Å²) in [7, 11) is 0. The number of pyridine rings is 1. The fourth-order valence-electron chi connectivity index (χ4n) is 1.69. The van der Waals surface area contributed by atoms with Gasteiger partial charge in [0.25, 0.3) is 0 Å². The summed E-state index contributed by atoms with van der Waals surface area (Å²) < 4.78 is 26.7. The van der Waals surface area contributed by atoms with Gasteiger partial charge in [-0.15, -0.1) is 0 Å². The van der Waals surface area contributed by atoms with Gasteiger partial charge in [-0.3, -0.25) is 4.98 Å². The van der Waals surface area contributed by atoms with Gasteiger partial charge in [0.05, 0.1) is 6.10 Å². The highest BCUT2D eigenvalue weighted by atomic mass is 35.5. The summed E-state index contributed by atoms with van der Waals surface area (Å²) >= 11 is 5.78. The van der Waals surface area contributed by atoms with E-state index in [1.54, 1.807) is 24.5 Å². The van der Waals surface area contributed by atoms with Gasteiger partial charge in [0, 0.05) is 29.4 Å². The van der Waals surface area contributed by atoms with Crippen LogP contribution in [-0.4, -0.2) is 10.1 Å². The van der Waals surface area contributed by atoms with Crippen molar-refractivity contribution in [3.8, 4) is 0 Å². The topological polar surface area (TPSA) is 33.1 Å². The van der Waals surface area contributed by atoms with Crippen molar-refractivity contribution in [2.24, 2.45) is 0 Å². The molecule has 0 radical (unpaired) electrons. The lowest BCUT2D eigenvalue weighted by Gasteiger charge is -2.13. The fourth-order valence-corrected chi connectivity index (χ4v) is 1.96. The zero-order valence-electron chi connectivity index (χ0n) is 9.28. The molecule has 0 amide bonds. The molecular formula is C13H10ClF2NO. The summed E-state index contributed by atoms with van der Waals surface area (Å²) in [6.07, 6.45) is 2.05. The van der Waals surface area contributed by atoms with E-state index >= 15 is 0 Å². The molecule has 0 saturated heterocycles. The lowest BCUT2D eigenvalue weighted by Crippen LogP contribution is -2.07. The highest BCUT2D eigenvalue weighted by Crippen LogP contribution is 2.29. The summed E-state index contributed by atoms with van der Waals surface area (Å²) in [6, 6.07) is 5.59. The van der Waals surface area contributed by atoms with E-state index in [2.05, 4.69) is 4.98 Å². The number of aliphatic hydroxyl groups excluding tert-OH is 1. The van der Waals surface area contributed by atoms with Crippen molar-refractivity contribution in [3.63, 3.8) is 0 Å². The molecule has 1 atom stereocenters. The molecule has 0 bridgehead atoms. The number of hydrogen-bond donors (Lipinski definition) is 1. The molecule has 0 aliphatic carbocycles. The summed E-state index contributed by atoms with van der Waals surface area (Å²) in [5, 5.41) is 9.95. The quantitative estimate of drug-likeness (QED) is 0.868. The van der Waals surface area contributed by atoms with Gasteiger partial charge in [0.15, 0.2) is 11.6 Å². The Bertz CT molecular complexity index is 548. The molecule has 1 N–H and O–H groups in total. The average Bonchev–Trinajstić information content (AvgIpc) is 2.36. The van der Waals surface area contributed by atoms with E-state index in [4.69, 9.17) is 11.6 Å². The van der Waals surface area contributed by atoms with Crippen molar-refractivity contribution in [2.75, 3.05) is 0 Å². The first-order valence-corrected chi connectivity index (χ1v) is 5.67. The molecule has 0 fully saturated rings. The Morgan fingerprint density at radius 2 is 2.06 bits per heavy atom. The summed E-state index contributed by atoms with van der Waals surface area (Å²) in [4.78, 5) is 3.88. The number of benzene rings is 1. The van der Waals surface area contributed by atoms with Crippen LogP contribution in [0.1, 0.15) is 17.2 Å². The lowest BCUT2D eigenvalue weighted by molar-refractivity contribution is 0.172. The number of halogens is 3. The number of rotatable bonds is 3. The Morgan fingerprint density at radius 3 is 2.72 bits per heavy atom. The van der Waals surface area contributed by atoms with Crippen LogP contribution in [-0.2, 0) is 6.42 Å². The summed E-state index contributed by atoms with van der Waals surface area (Å²) in [5.41, 5.74) is 0.491. The molecule has 2 rings (SSSR count). The minimum Gasteiger partial charge on any atom is -0.388 e. The first kappa shape index (κ1) is 12.9. The number of aromatic nitrogens is 1. The van der Waals surface area contributed by atoms with Gasteiger partial charge in [-0.25, -0.2) is 8.78 Å². The van der Waals surface area contributed by atoms with E-state index in [0.29, 0.717) is 5.56 Å². The summed E-state index contributed by atoms with van der Waals surface area (Å²) in [6.45, 7) is 0. The van der Waals surface area contributed by atoms with Gasteiger partial charge in [-0.05, 0) is 23.8 Å². The Hall–Kier alpha value is -1.52. The third kappa shape index (κ3) is 2.66. The third-order valence-electron chi connectivity index (χ3n) is 2.56. The highest BCUT2D eigenvalue weighted by molar-refractivity contribution is 6.31. The molecule has 2 nitrogen and oxygen atoms in total. The number of hydrogen-bond acceptors (Lipinski definition) is 2. The van der Waals surface area contributed by atoms with E-state index in [1.165, 1.54) is 6.07 Å². The molecular weight excluding hydrogens is 260 g/mol. The zero-order chi connectivity index (χ0) is 13.1. The van der Waals surface area contributed by atoms with Crippen LogP contribution in [0.25, 0.3) is 0 Å². The molecule has 0 saturated carbocycles. The summed E-state index contributed by atoms with van der Waals surface area (Å²) in [5.74, 6) is -2.14. The van der Waals surface area contributed by atoms with Gasteiger partial charge in [-0.1, -0.05) is 17.7 Å². The van der Waals surface area contributed by atoms with Crippen molar-refractivity contribution in [2.45, 2.75) is 12.5 Å². The third-order valence-corrected chi connectivity index (χ3v) is 2.89. The molecule has 1 aromatic carbocycles. The molecule has 2 aromatic rings. The Kier molecular flexibility index (Phi) is 3.89. The molecule has 1 unspecified atom stereocenters. The average molecular weight is 270 g/mol. The van der Waals surface area contributed by atoms with Crippen LogP contribution in [0.3, 0.4) is 0 Å². The minimum atomic E-state index is -1.21. The van der Waals surface area contributed by atoms with Crippen LogP contribution >= 0.6 is 11.6 Å². The maximum absolute atomic E-state index is 13.6. The number of nitrogens with zero attached hydrogens (tertiary/aromatic N) is 1. The van der Waals surface area contributed by atoms with Crippen molar-refractivity contribution in [1.29, 1.82) is 0 Å². The maximum atomic E-state index is 13.6. The van der Waals surface area contributed by atoms with Gasteiger partial charge in [0.2, 0.25) is 0 Å². The standard InChI is InChI=1S/C13H10ClF2NO/c14-9-3-4-10(15)13(16)12(9)11(18)6-8-2-1-5-17-7-8/h1-5,7,11,18H,6H2. The normalized spacial score (nSPS) is 12.4. The molecule has 94 valence electrons. The predicted octanol–water partition coefficient (Wildman–Crippen LogP) is 3.29. The Balaban J connectivity index is 2.29. The smallest absolute Gasteiger partial charge is 0.166 e. The fraction of sp³-hybridized carbons (Fsp3) is 0.154. The van der Waals surface area contributed by atoms with E-state index < -0.39 is 17.7 Å². The Morgan fingerprint density at radius 1 is 1.28 bits per heavy atom. The van der Waals surface area contributed by atoms with Gasteiger partial charge in [-0.2, -0.15) is 0 Å². The largest absolute Gasteiger partial charge is 0.388 e. The second-order valence-corrected chi connectivity index (χ2v) is 4.25. The van der Waals surface area contributed by atoms with E-state index in [1.807, 2.05) is 0 Å². The van der Waals surface area contributed by atoms with Gasteiger partial charge in [0.1, 0.15) is 0 Å². The molecule has 0 aliphatic heterocycles. The molecule has 5 heteroatoms. The lowest BCUT2D eigenvalue weighted by atomic mass is 10.0. The van der Waals surface area contributed by atoms with E-state index in [9.17, 15) is 13.9 Å². The maximum Gasteiger partial charge on any atom is 0.166 e. The number of aliphatic hydroxyl groups is 1. The van der Waals surface area contributed by atoms with Gasteiger partial charge >= 0.3 is 0 Å².